The van der Waals surface area contributed by atoms with Crippen molar-refractivity contribution in [2.75, 3.05) is 17.2 Å². The maximum Gasteiger partial charge on any atom is 0.131 e. The highest BCUT2D eigenvalue weighted by Gasteiger charge is 2.23. The Labute approximate surface area is 104 Å². The predicted molar refractivity (Wildman–Crippen MR) is 73.3 cm³/mol. The molecule has 1 unspecified atom stereocenters. The number of nitrogens with two attached hydrogens (primary N) is 1. The molecule has 94 valence electrons. The van der Waals surface area contributed by atoms with Crippen molar-refractivity contribution in [1.29, 1.82) is 0 Å². The quantitative estimate of drug-likeness (QED) is 0.872. The summed E-state index contributed by atoms with van der Waals surface area (Å²) in [4.78, 5) is 7.02. The number of aromatic nitrogens is 1. The lowest BCUT2D eigenvalue weighted by atomic mass is 9.97. The van der Waals surface area contributed by atoms with Gasteiger partial charge in [-0.3, -0.25) is 0 Å². The van der Waals surface area contributed by atoms with Gasteiger partial charge in [-0.25, -0.2) is 4.98 Å². The minimum Gasteiger partial charge on any atom is -0.397 e. The standard InChI is InChI=1S/C14H23N3/c1-3-6-13-7-4-5-8-17(13)14-11(2)9-12(15)10-16-14/h9-10,13H,3-8,15H2,1-2H3. The molecule has 1 aliphatic rings. The Hall–Kier alpha value is -1.25. The summed E-state index contributed by atoms with van der Waals surface area (Å²) in [6.45, 7) is 5.51. The fraction of sp³-hybridized carbons (Fsp3) is 0.643. The molecule has 17 heavy (non-hydrogen) atoms. The van der Waals surface area contributed by atoms with Gasteiger partial charge in [0, 0.05) is 12.6 Å². The summed E-state index contributed by atoms with van der Waals surface area (Å²) in [6.07, 6.45) is 8.24. The molecule has 2 rings (SSSR count). The number of hydrogen-bond acceptors (Lipinski definition) is 3. The van der Waals surface area contributed by atoms with Crippen LogP contribution in [0.2, 0.25) is 0 Å². The molecular weight excluding hydrogens is 210 g/mol. The summed E-state index contributed by atoms with van der Waals surface area (Å²) in [6, 6.07) is 2.70. The van der Waals surface area contributed by atoms with Crippen LogP contribution in [0.1, 0.15) is 44.6 Å². The van der Waals surface area contributed by atoms with E-state index in [2.05, 4.69) is 23.7 Å². The number of hydrogen-bond donors (Lipinski definition) is 1. The monoisotopic (exact) mass is 233 g/mol. The summed E-state index contributed by atoms with van der Waals surface area (Å²) in [5.41, 5.74) is 7.73. The van der Waals surface area contributed by atoms with E-state index in [1.807, 2.05) is 6.07 Å². The van der Waals surface area contributed by atoms with E-state index in [0.717, 1.165) is 18.1 Å². The Kier molecular flexibility index (Phi) is 3.87. The minimum absolute atomic E-state index is 0.670. The number of nitrogens with zero attached hydrogens (tertiary/aromatic N) is 2. The summed E-state index contributed by atoms with van der Waals surface area (Å²) in [7, 11) is 0. The van der Waals surface area contributed by atoms with E-state index >= 15 is 0 Å². The minimum atomic E-state index is 0.670. The van der Waals surface area contributed by atoms with Gasteiger partial charge < -0.3 is 10.6 Å². The molecule has 0 bridgehead atoms. The van der Waals surface area contributed by atoms with Crippen LogP contribution in [0, 0.1) is 6.92 Å². The van der Waals surface area contributed by atoms with Gasteiger partial charge in [-0.2, -0.15) is 0 Å². The number of rotatable bonds is 3. The zero-order valence-electron chi connectivity index (χ0n) is 10.9. The number of nitrogen functional groups attached to an aromatic ring is 1. The maximum absolute atomic E-state index is 5.77. The predicted octanol–water partition coefficient (Wildman–Crippen LogP) is 3.13. The molecular formula is C14H23N3. The molecule has 1 atom stereocenters. The van der Waals surface area contributed by atoms with Crippen LogP contribution in [0.3, 0.4) is 0 Å². The fourth-order valence-electron chi connectivity index (χ4n) is 2.80. The molecule has 1 saturated heterocycles. The lowest BCUT2D eigenvalue weighted by Gasteiger charge is -2.37. The molecule has 0 aromatic carbocycles. The number of pyridine rings is 1. The molecule has 3 heteroatoms. The Bertz CT molecular complexity index is 374. The fourth-order valence-corrected chi connectivity index (χ4v) is 2.80. The zero-order chi connectivity index (χ0) is 12.3. The van der Waals surface area contributed by atoms with E-state index in [1.54, 1.807) is 6.20 Å². The van der Waals surface area contributed by atoms with Gasteiger partial charge in [0.1, 0.15) is 5.82 Å². The third-order valence-electron chi connectivity index (χ3n) is 3.59. The van der Waals surface area contributed by atoms with Crippen molar-refractivity contribution in [3.63, 3.8) is 0 Å². The molecule has 2 N–H and O–H groups in total. The molecule has 0 aliphatic carbocycles. The first-order valence-electron chi connectivity index (χ1n) is 6.71. The van der Waals surface area contributed by atoms with Crippen molar-refractivity contribution in [3.05, 3.63) is 17.8 Å². The summed E-state index contributed by atoms with van der Waals surface area (Å²) in [5, 5.41) is 0. The van der Waals surface area contributed by atoms with Gasteiger partial charge in [-0.15, -0.1) is 0 Å². The van der Waals surface area contributed by atoms with E-state index in [0.29, 0.717) is 6.04 Å². The average Bonchev–Trinajstić information content (AvgIpc) is 2.31. The average molecular weight is 233 g/mol. The zero-order valence-corrected chi connectivity index (χ0v) is 10.9. The van der Waals surface area contributed by atoms with Crippen LogP contribution in [-0.2, 0) is 0 Å². The van der Waals surface area contributed by atoms with E-state index < -0.39 is 0 Å². The van der Waals surface area contributed by atoms with Crippen molar-refractivity contribution in [3.8, 4) is 0 Å². The Morgan fingerprint density at radius 2 is 2.29 bits per heavy atom. The van der Waals surface area contributed by atoms with Crippen molar-refractivity contribution in [2.24, 2.45) is 0 Å². The lowest BCUT2D eigenvalue weighted by Crippen LogP contribution is -2.40. The normalized spacial score (nSPS) is 20.6. The van der Waals surface area contributed by atoms with E-state index in [1.165, 1.54) is 37.7 Å². The third-order valence-corrected chi connectivity index (χ3v) is 3.59. The molecule has 1 aromatic rings. The first-order valence-corrected chi connectivity index (χ1v) is 6.71. The third kappa shape index (κ3) is 2.71. The molecule has 0 saturated carbocycles. The van der Waals surface area contributed by atoms with E-state index in [9.17, 15) is 0 Å². The highest BCUT2D eigenvalue weighted by Crippen LogP contribution is 2.28. The van der Waals surface area contributed by atoms with Crippen molar-refractivity contribution in [2.45, 2.75) is 52.0 Å². The van der Waals surface area contributed by atoms with Gasteiger partial charge in [0.15, 0.2) is 0 Å². The number of anilines is 2. The molecule has 3 nitrogen and oxygen atoms in total. The number of aryl methyl sites for hydroxylation is 1. The lowest BCUT2D eigenvalue weighted by molar-refractivity contribution is 0.431. The SMILES string of the molecule is CCCC1CCCCN1c1ncc(N)cc1C. The van der Waals surface area contributed by atoms with Crippen molar-refractivity contribution < 1.29 is 0 Å². The first-order chi connectivity index (χ1) is 8.22. The summed E-state index contributed by atoms with van der Waals surface area (Å²) in [5.74, 6) is 1.14. The van der Waals surface area contributed by atoms with Gasteiger partial charge in [-0.1, -0.05) is 13.3 Å². The molecule has 1 aromatic heterocycles. The van der Waals surface area contributed by atoms with Crippen LogP contribution in [0.4, 0.5) is 11.5 Å². The van der Waals surface area contributed by atoms with Crippen LogP contribution in [-0.4, -0.2) is 17.6 Å². The van der Waals surface area contributed by atoms with Crippen LogP contribution < -0.4 is 10.6 Å². The second kappa shape index (κ2) is 5.39. The van der Waals surface area contributed by atoms with Crippen LogP contribution in [0.15, 0.2) is 12.3 Å². The second-order valence-corrected chi connectivity index (χ2v) is 5.04. The number of piperidine rings is 1. The molecule has 0 spiro atoms. The summed E-state index contributed by atoms with van der Waals surface area (Å²) < 4.78 is 0. The topological polar surface area (TPSA) is 42.2 Å². The maximum atomic E-state index is 5.77. The van der Waals surface area contributed by atoms with E-state index in [4.69, 9.17) is 5.73 Å². The first kappa shape index (κ1) is 12.2. The van der Waals surface area contributed by atoms with Gasteiger partial charge in [0.25, 0.3) is 0 Å². The van der Waals surface area contributed by atoms with Crippen molar-refractivity contribution in [1.82, 2.24) is 4.98 Å². The van der Waals surface area contributed by atoms with Gasteiger partial charge in [-0.05, 0) is 44.2 Å². The highest BCUT2D eigenvalue weighted by atomic mass is 15.2. The van der Waals surface area contributed by atoms with Crippen LogP contribution in [0.5, 0.6) is 0 Å². The van der Waals surface area contributed by atoms with Crippen LogP contribution >= 0.6 is 0 Å². The van der Waals surface area contributed by atoms with Gasteiger partial charge in [0.05, 0.1) is 11.9 Å². The molecule has 0 radical (unpaired) electrons. The van der Waals surface area contributed by atoms with E-state index in [-0.39, 0.29) is 0 Å². The Balaban J connectivity index is 2.23. The molecule has 0 amide bonds. The Morgan fingerprint density at radius 1 is 1.47 bits per heavy atom. The second-order valence-electron chi connectivity index (χ2n) is 5.04. The molecule has 1 aliphatic heterocycles. The molecule has 1 fully saturated rings. The van der Waals surface area contributed by atoms with Gasteiger partial charge >= 0.3 is 0 Å². The largest absolute Gasteiger partial charge is 0.397 e. The van der Waals surface area contributed by atoms with Crippen molar-refractivity contribution >= 4 is 11.5 Å². The van der Waals surface area contributed by atoms with Crippen LogP contribution in [0.25, 0.3) is 0 Å². The Morgan fingerprint density at radius 3 is 3.00 bits per heavy atom. The highest BCUT2D eigenvalue weighted by molar-refractivity contribution is 5.53. The van der Waals surface area contributed by atoms with Gasteiger partial charge in [0.2, 0.25) is 0 Å². The summed E-state index contributed by atoms with van der Waals surface area (Å²) >= 11 is 0. The molecule has 2 heterocycles. The smallest absolute Gasteiger partial charge is 0.131 e.